The minimum absolute atomic E-state index is 0.0411. The van der Waals surface area contributed by atoms with E-state index in [1.807, 2.05) is 11.0 Å². The Balaban J connectivity index is 1.28. The molecule has 3 aromatic rings. The number of imide groups is 1. The summed E-state index contributed by atoms with van der Waals surface area (Å²) in [6.45, 7) is 6.05. The summed E-state index contributed by atoms with van der Waals surface area (Å²) >= 11 is 0. The standard InChI is InChI=1S/C30H35N5O8/c1-30(2,3)28(39)42-17-35(29(40)31-10-12-34-15-18-5-6-20(41-4)13-21(18)26(34)37)27(38)24-14-22-23(43-24)7-8-25(32-22)33-11-9-19(36)16-33/h5-8,13-14,19,36H,9-12,15-17H2,1-4H3,(H,31,40)/t19-/m1/s1. The fraction of sp³-hybridized carbons (Fsp3) is 0.433. The van der Waals surface area contributed by atoms with Gasteiger partial charge in [0.15, 0.2) is 18.1 Å². The highest BCUT2D eigenvalue weighted by Crippen LogP contribution is 2.27. The molecule has 0 bridgehead atoms. The van der Waals surface area contributed by atoms with Crippen LogP contribution < -0.4 is 15.0 Å². The van der Waals surface area contributed by atoms with Crippen molar-refractivity contribution in [2.24, 2.45) is 5.41 Å². The number of carbonyl (C=O) groups excluding carboxylic acids is 4. The average molecular weight is 594 g/mol. The first-order valence-electron chi connectivity index (χ1n) is 14.0. The molecule has 43 heavy (non-hydrogen) atoms. The van der Waals surface area contributed by atoms with E-state index in [0.717, 1.165) is 10.5 Å². The van der Waals surface area contributed by atoms with E-state index in [2.05, 4.69) is 10.3 Å². The first-order chi connectivity index (χ1) is 20.4. The van der Waals surface area contributed by atoms with E-state index in [4.69, 9.17) is 13.9 Å². The second-order valence-corrected chi connectivity index (χ2v) is 11.6. The topological polar surface area (TPSA) is 155 Å². The number of esters is 1. The third kappa shape index (κ3) is 6.41. The number of amides is 4. The molecule has 1 atom stereocenters. The fourth-order valence-electron chi connectivity index (χ4n) is 4.87. The van der Waals surface area contributed by atoms with Crippen LogP contribution in [0.2, 0.25) is 0 Å². The van der Waals surface area contributed by atoms with Crippen molar-refractivity contribution in [3.05, 3.63) is 53.3 Å². The van der Waals surface area contributed by atoms with Crippen LogP contribution in [-0.4, -0.2) is 89.8 Å². The zero-order valence-electron chi connectivity index (χ0n) is 24.6. The predicted octanol–water partition coefficient (Wildman–Crippen LogP) is 2.76. The number of hydrogen-bond acceptors (Lipinski definition) is 10. The van der Waals surface area contributed by atoms with Gasteiger partial charge in [0.1, 0.15) is 17.1 Å². The molecule has 2 aliphatic rings. The number of pyridine rings is 1. The Labute approximate surface area is 248 Å². The number of fused-ring (bicyclic) bond motifs is 2. The lowest BCUT2D eigenvalue weighted by Crippen LogP contribution is -2.47. The van der Waals surface area contributed by atoms with Gasteiger partial charge in [-0.25, -0.2) is 14.7 Å². The number of methoxy groups -OCH3 is 1. The molecule has 4 amide bonds. The van der Waals surface area contributed by atoms with Crippen LogP contribution in [0.4, 0.5) is 10.6 Å². The van der Waals surface area contributed by atoms with Gasteiger partial charge < -0.3 is 34.1 Å². The van der Waals surface area contributed by atoms with Crippen LogP contribution in [0.3, 0.4) is 0 Å². The molecule has 0 saturated carbocycles. The number of β-amino-alcohol motifs (C(OH)–C–C–N with tert-alkyl or cyclic N) is 1. The van der Waals surface area contributed by atoms with Gasteiger partial charge in [0.05, 0.1) is 18.6 Å². The van der Waals surface area contributed by atoms with Crippen molar-refractivity contribution >= 4 is 40.7 Å². The highest BCUT2D eigenvalue weighted by atomic mass is 16.5. The second kappa shape index (κ2) is 11.9. The van der Waals surface area contributed by atoms with Crippen LogP contribution in [0.5, 0.6) is 5.75 Å². The van der Waals surface area contributed by atoms with Crippen molar-refractivity contribution in [2.45, 2.75) is 39.8 Å². The Kier molecular flexibility index (Phi) is 8.27. The molecule has 2 N–H and O–H groups in total. The maximum atomic E-state index is 13.5. The molecule has 13 heteroatoms. The smallest absolute Gasteiger partial charge is 0.327 e. The fourth-order valence-corrected chi connectivity index (χ4v) is 4.87. The summed E-state index contributed by atoms with van der Waals surface area (Å²) in [5, 5.41) is 12.5. The SMILES string of the molecule is COc1ccc2c(c1)C(=O)N(CCNC(=O)N(COC(=O)C(C)(C)C)C(=O)c1cc3nc(N4CC[C@@H](O)C4)ccc3o1)C2. The van der Waals surface area contributed by atoms with E-state index in [1.165, 1.54) is 13.2 Å². The minimum Gasteiger partial charge on any atom is -0.497 e. The van der Waals surface area contributed by atoms with E-state index in [0.29, 0.717) is 54.3 Å². The lowest BCUT2D eigenvalue weighted by molar-refractivity contribution is -0.155. The molecule has 4 heterocycles. The van der Waals surface area contributed by atoms with Crippen LogP contribution in [0.25, 0.3) is 11.1 Å². The van der Waals surface area contributed by atoms with Crippen LogP contribution >= 0.6 is 0 Å². The Morgan fingerprint density at radius 2 is 1.98 bits per heavy atom. The molecule has 0 spiro atoms. The Hall–Kier alpha value is -4.65. The first-order valence-corrected chi connectivity index (χ1v) is 14.0. The molecule has 1 fully saturated rings. The second-order valence-electron chi connectivity index (χ2n) is 11.6. The van der Waals surface area contributed by atoms with Gasteiger partial charge in [-0.15, -0.1) is 0 Å². The number of carbonyl (C=O) groups is 4. The normalized spacial score (nSPS) is 16.4. The summed E-state index contributed by atoms with van der Waals surface area (Å²) in [4.78, 5) is 60.9. The molecule has 1 aromatic carbocycles. The lowest BCUT2D eigenvalue weighted by Gasteiger charge is -2.23. The molecule has 2 aliphatic heterocycles. The molecule has 0 unspecified atom stereocenters. The number of hydrogen-bond donors (Lipinski definition) is 2. The molecule has 13 nitrogen and oxygen atoms in total. The minimum atomic E-state index is -0.859. The van der Waals surface area contributed by atoms with Gasteiger partial charge in [0.25, 0.3) is 11.8 Å². The summed E-state index contributed by atoms with van der Waals surface area (Å²) in [7, 11) is 1.53. The van der Waals surface area contributed by atoms with Crippen LogP contribution in [0.15, 0.2) is 40.8 Å². The quantitative estimate of drug-likeness (QED) is 0.294. The Morgan fingerprint density at radius 3 is 2.67 bits per heavy atom. The Morgan fingerprint density at radius 1 is 1.19 bits per heavy atom. The number of urea groups is 1. The van der Waals surface area contributed by atoms with Crippen molar-refractivity contribution in [3.63, 3.8) is 0 Å². The van der Waals surface area contributed by atoms with Crippen LogP contribution in [-0.2, 0) is 16.1 Å². The van der Waals surface area contributed by atoms with E-state index in [1.54, 1.807) is 49.9 Å². The summed E-state index contributed by atoms with van der Waals surface area (Å²) in [6, 6.07) is 9.30. The zero-order valence-corrected chi connectivity index (χ0v) is 24.6. The number of nitrogens with one attached hydrogen (secondary N) is 1. The molecule has 0 radical (unpaired) electrons. The van der Waals surface area contributed by atoms with Gasteiger partial charge in [-0.05, 0) is 57.0 Å². The summed E-state index contributed by atoms with van der Waals surface area (Å²) in [6.07, 6.45) is 0.212. The highest BCUT2D eigenvalue weighted by Gasteiger charge is 2.32. The molecule has 2 aromatic heterocycles. The van der Waals surface area contributed by atoms with Gasteiger partial charge in [-0.2, -0.15) is 0 Å². The average Bonchev–Trinajstić information content (AvgIpc) is 3.68. The number of benzene rings is 1. The summed E-state index contributed by atoms with van der Waals surface area (Å²) in [5.74, 6) is -0.567. The maximum absolute atomic E-state index is 13.5. The number of aliphatic hydroxyl groups is 1. The summed E-state index contributed by atoms with van der Waals surface area (Å²) < 4.78 is 16.2. The van der Waals surface area contributed by atoms with Gasteiger partial charge in [0, 0.05) is 44.4 Å². The van der Waals surface area contributed by atoms with Crippen molar-refractivity contribution in [2.75, 3.05) is 44.9 Å². The number of nitrogens with zero attached hydrogens (tertiary/aromatic N) is 4. The Bertz CT molecular complexity index is 1560. The molecular formula is C30H35N5O8. The van der Waals surface area contributed by atoms with E-state index < -0.39 is 36.2 Å². The zero-order chi connectivity index (χ0) is 30.9. The van der Waals surface area contributed by atoms with E-state index in [-0.39, 0.29) is 24.8 Å². The predicted molar refractivity (Wildman–Crippen MR) is 155 cm³/mol. The molecule has 228 valence electrons. The third-order valence-corrected chi connectivity index (χ3v) is 7.34. The van der Waals surface area contributed by atoms with E-state index in [9.17, 15) is 24.3 Å². The number of furan rings is 1. The van der Waals surface area contributed by atoms with E-state index >= 15 is 0 Å². The van der Waals surface area contributed by atoms with Crippen molar-refractivity contribution in [1.82, 2.24) is 20.1 Å². The van der Waals surface area contributed by atoms with Crippen molar-refractivity contribution in [3.8, 4) is 5.75 Å². The number of aliphatic hydroxyl groups excluding tert-OH is 1. The van der Waals surface area contributed by atoms with Crippen LogP contribution in [0.1, 0.15) is 53.7 Å². The highest BCUT2D eigenvalue weighted by molar-refractivity contribution is 6.04. The van der Waals surface area contributed by atoms with Gasteiger partial charge in [0.2, 0.25) is 0 Å². The molecular weight excluding hydrogens is 558 g/mol. The maximum Gasteiger partial charge on any atom is 0.327 e. The van der Waals surface area contributed by atoms with Crippen LogP contribution in [0, 0.1) is 5.41 Å². The van der Waals surface area contributed by atoms with Crippen molar-refractivity contribution in [1.29, 1.82) is 0 Å². The third-order valence-electron chi connectivity index (χ3n) is 7.34. The monoisotopic (exact) mass is 593 g/mol. The largest absolute Gasteiger partial charge is 0.497 e. The molecule has 0 aliphatic carbocycles. The number of aromatic nitrogens is 1. The van der Waals surface area contributed by atoms with Gasteiger partial charge in [-0.1, -0.05) is 6.07 Å². The lowest BCUT2D eigenvalue weighted by atomic mass is 9.98. The number of rotatable bonds is 8. The molecule has 5 rings (SSSR count). The molecule has 1 saturated heterocycles. The number of anilines is 1. The van der Waals surface area contributed by atoms with Crippen molar-refractivity contribution < 1.29 is 38.2 Å². The number of ether oxygens (including phenoxy) is 2. The van der Waals surface area contributed by atoms with Gasteiger partial charge >= 0.3 is 12.0 Å². The van der Waals surface area contributed by atoms with Gasteiger partial charge in [-0.3, -0.25) is 14.4 Å². The first kappa shape index (κ1) is 29.8. The summed E-state index contributed by atoms with van der Waals surface area (Å²) in [5.41, 5.74) is 1.27.